The van der Waals surface area contributed by atoms with Crippen LogP contribution >= 0.6 is 0 Å². The fourth-order valence-electron chi connectivity index (χ4n) is 0.461. The van der Waals surface area contributed by atoms with Gasteiger partial charge < -0.3 is 19.7 Å². The van der Waals surface area contributed by atoms with E-state index in [1.807, 2.05) is 0 Å². The van der Waals surface area contributed by atoms with Gasteiger partial charge in [0.2, 0.25) is 5.76 Å². The first-order chi connectivity index (χ1) is 7.49. The summed E-state index contributed by atoms with van der Waals surface area (Å²) in [5.41, 5.74) is 0. The molecule has 0 bridgehead atoms. The highest BCUT2D eigenvalue weighted by Crippen LogP contribution is 1.97. The highest BCUT2D eigenvalue weighted by atomic mass is 16.5. The van der Waals surface area contributed by atoms with Crippen LogP contribution in [-0.2, 0) is 19.1 Å². The summed E-state index contributed by atoms with van der Waals surface area (Å²) in [6.07, 6.45) is 1.94. The predicted molar refractivity (Wildman–Crippen MR) is 56.8 cm³/mol. The molecule has 0 radical (unpaired) electrons. The van der Waals surface area contributed by atoms with E-state index in [4.69, 9.17) is 19.7 Å². The first-order valence-electron chi connectivity index (χ1n) is 4.52. The predicted octanol–water partition coefficient (Wildman–Crippen LogP) is 1.24. The van der Waals surface area contributed by atoms with Crippen molar-refractivity contribution in [2.45, 2.75) is 13.8 Å². The second kappa shape index (κ2) is 11.1. The highest BCUT2D eigenvalue weighted by molar-refractivity contribution is 5.83. The van der Waals surface area contributed by atoms with Gasteiger partial charge in [0.05, 0.1) is 13.2 Å². The second-order valence-corrected chi connectivity index (χ2v) is 2.22. The Hall–Kier alpha value is -1.98. The zero-order chi connectivity index (χ0) is 13.0. The first-order valence-corrected chi connectivity index (χ1v) is 4.52. The van der Waals surface area contributed by atoms with E-state index in [1.165, 1.54) is 0 Å². The van der Waals surface area contributed by atoms with Crippen molar-refractivity contribution in [1.29, 1.82) is 0 Å². The molecule has 0 rings (SSSR count). The Bertz CT molecular complexity index is 256. The summed E-state index contributed by atoms with van der Waals surface area (Å²) >= 11 is 0. The molecular formula is C10H16O6. The van der Waals surface area contributed by atoms with Crippen molar-refractivity contribution in [3.8, 4) is 0 Å². The van der Waals surface area contributed by atoms with E-state index in [9.17, 15) is 9.59 Å². The largest absolute Gasteiger partial charge is 0.497 e. The summed E-state index contributed by atoms with van der Waals surface area (Å²) in [7, 11) is 0. The minimum atomic E-state index is -1.11. The van der Waals surface area contributed by atoms with E-state index in [1.54, 1.807) is 13.8 Å². The lowest BCUT2D eigenvalue weighted by atomic mass is 10.5. The summed E-state index contributed by atoms with van der Waals surface area (Å²) in [5, 5.41) is 16.1. The molecule has 92 valence electrons. The van der Waals surface area contributed by atoms with Gasteiger partial charge in [-0.15, -0.1) is 0 Å². The SMILES string of the molecule is C=CC(=O)O.CCOC=C(OCC)C(=O)O. The van der Waals surface area contributed by atoms with Crippen LogP contribution in [0.4, 0.5) is 0 Å². The molecule has 0 aromatic carbocycles. The number of rotatable bonds is 6. The second-order valence-electron chi connectivity index (χ2n) is 2.22. The van der Waals surface area contributed by atoms with Gasteiger partial charge in [-0.25, -0.2) is 9.59 Å². The minimum Gasteiger partial charge on any atom is -0.497 e. The maximum atomic E-state index is 10.3. The Kier molecular flexibility index (Phi) is 11.4. The normalized spacial score (nSPS) is 9.50. The monoisotopic (exact) mass is 232 g/mol. The molecule has 0 saturated heterocycles. The third-order valence-electron chi connectivity index (χ3n) is 1.04. The molecule has 0 heterocycles. The molecule has 0 aliphatic carbocycles. The van der Waals surface area contributed by atoms with Gasteiger partial charge in [0.25, 0.3) is 0 Å². The molecule has 0 aromatic heterocycles. The smallest absolute Gasteiger partial charge is 0.374 e. The number of hydrogen-bond donors (Lipinski definition) is 2. The van der Waals surface area contributed by atoms with Gasteiger partial charge in [0, 0.05) is 6.08 Å². The van der Waals surface area contributed by atoms with E-state index in [2.05, 4.69) is 6.58 Å². The summed E-state index contributed by atoms with van der Waals surface area (Å²) in [6, 6.07) is 0. The van der Waals surface area contributed by atoms with Crippen LogP contribution in [0.5, 0.6) is 0 Å². The molecule has 0 aliphatic heterocycles. The average Bonchev–Trinajstić information content (AvgIpc) is 2.24. The number of ether oxygens (including phenoxy) is 2. The number of carbonyl (C=O) groups is 2. The van der Waals surface area contributed by atoms with Crippen molar-refractivity contribution in [3.05, 3.63) is 24.7 Å². The van der Waals surface area contributed by atoms with Crippen molar-refractivity contribution >= 4 is 11.9 Å². The zero-order valence-corrected chi connectivity index (χ0v) is 9.30. The van der Waals surface area contributed by atoms with E-state index >= 15 is 0 Å². The molecular weight excluding hydrogens is 216 g/mol. The van der Waals surface area contributed by atoms with Gasteiger partial charge in [-0.05, 0) is 13.8 Å². The lowest BCUT2D eigenvalue weighted by Gasteiger charge is -2.02. The van der Waals surface area contributed by atoms with Crippen LogP contribution in [0.15, 0.2) is 24.7 Å². The molecule has 0 spiro atoms. The minimum absolute atomic E-state index is 0.158. The lowest BCUT2D eigenvalue weighted by molar-refractivity contribution is -0.137. The quantitative estimate of drug-likeness (QED) is 0.528. The molecule has 0 saturated carbocycles. The van der Waals surface area contributed by atoms with Crippen molar-refractivity contribution in [3.63, 3.8) is 0 Å². The van der Waals surface area contributed by atoms with Crippen molar-refractivity contribution < 1.29 is 29.3 Å². The van der Waals surface area contributed by atoms with E-state index < -0.39 is 11.9 Å². The van der Waals surface area contributed by atoms with Crippen molar-refractivity contribution in [1.82, 2.24) is 0 Å². The Morgan fingerprint density at radius 2 is 1.75 bits per heavy atom. The fraction of sp³-hybridized carbons (Fsp3) is 0.400. The van der Waals surface area contributed by atoms with Gasteiger partial charge in [-0.2, -0.15) is 0 Å². The molecule has 0 amide bonds. The summed E-state index contributed by atoms with van der Waals surface area (Å²) in [4.78, 5) is 19.6. The third kappa shape index (κ3) is 12.0. The third-order valence-corrected chi connectivity index (χ3v) is 1.04. The van der Waals surface area contributed by atoms with Crippen molar-refractivity contribution in [2.24, 2.45) is 0 Å². The molecule has 0 unspecified atom stereocenters. The molecule has 6 heteroatoms. The molecule has 0 aromatic rings. The van der Waals surface area contributed by atoms with Crippen LogP contribution in [0.25, 0.3) is 0 Å². The Morgan fingerprint density at radius 1 is 1.25 bits per heavy atom. The number of hydrogen-bond acceptors (Lipinski definition) is 4. The average molecular weight is 232 g/mol. The summed E-state index contributed by atoms with van der Waals surface area (Å²) in [6.45, 7) is 7.20. The van der Waals surface area contributed by atoms with E-state index in [-0.39, 0.29) is 5.76 Å². The Labute approximate surface area is 93.8 Å². The lowest BCUT2D eigenvalue weighted by Crippen LogP contribution is -2.05. The van der Waals surface area contributed by atoms with Gasteiger partial charge >= 0.3 is 11.9 Å². The van der Waals surface area contributed by atoms with Crippen LogP contribution in [0, 0.1) is 0 Å². The van der Waals surface area contributed by atoms with Crippen LogP contribution in [0.1, 0.15) is 13.8 Å². The van der Waals surface area contributed by atoms with Gasteiger partial charge in [-0.1, -0.05) is 6.58 Å². The van der Waals surface area contributed by atoms with Crippen LogP contribution < -0.4 is 0 Å². The van der Waals surface area contributed by atoms with Gasteiger partial charge in [-0.3, -0.25) is 0 Å². The maximum absolute atomic E-state index is 10.3. The fourth-order valence-corrected chi connectivity index (χ4v) is 0.461. The molecule has 0 fully saturated rings. The molecule has 0 atom stereocenters. The van der Waals surface area contributed by atoms with Crippen molar-refractivity contribution in [2.75, 3.05) is 13.2 Å². The standard InChI is InChI=1S/C7H12O4.C3H4O2/c1-3-10-5-6(7(8)9)11-4-2;1-2-3(4)5/h5H,3-4H2,1-2H3,(H,8,9);2H,1H2,(H,4,5). The maximum Gasteiger partial charge on any atom is 0.374 e. The molecule has 0 aliphatic rings. The van der Waals surface area contributed by atoms with Crippen LogP contribution in [0.3, 0.4) is 0 Å². The summed E-state index contributed by atoms with van der Waals surface area (Å²) < 4.78 is 9.48. The summed E-state index contributed by atoms with van der Waals surface area (Å²) in [5.74, 6) is -2.25. The zero-order valence-electron chi connectivity index (χ0n) is 9.30. The Balaban J connectivity index is 0. The number of carboxylic acid groups (broad SMARTS) is 2. The number of aliphatic carboxylic acids is 2. The van der Waals surface area contributed by atoms with Gasteiger partial charge in [0.1, 0.15) is 6.26 Å². The first kappa shape index (κ1) is 16.4. The van der Waals surface area contributed by atoms with Crippen LogP contribution in [-0.4, -0.2) is 35.4 Å². The van der Waals surface area contributed by atoms with E-state index in [0.29, 0.717) is 13.2 Å². The highest BCUT2D eigenvalue weighted by Gasteiger charge is 2.06. The van der Waals surface area contributed by atoms with E-state index in [0.717, 1.165) is 12.3 Å². The molecule has 16 heavy (non-hydrogen) atoms. The van der Waals surface area contributed by atoms with Crippen LogP contribution in [0.2, 0.25) is 0 Å². The Morgan fingerprint density at radius 3 is 2.00 bits per heavy atom. The topological polar surface area (TPSA) is 93.1 Å². The molecule has 6 nitrogen and oxygen atoms in total. The molecule has 2 N–H and O–H groups in total. The number of carboxylic acids is 2. The van der Waals surface area contributed by atoms with Gasteiger partial charge in [0.15, 0.2) is 0 Å².